The molecule has 5 nitrogen and oxygen atoms in total. The van der Waals surface area contributed by atoms with E-state index in [9.17, 15) is 9.59 Å². The summed E-state index contributed by atoms with van der Waals surface area (Å²) < 4.78 is 11.1. The molecule has 0 aliphatic heterocycles. The monoisotopic (exact) mass is 389 g/mol. The first-order valence-corrected chi connectivity index (χ1v) is 9.53. The Hall–Kier alpha value is -3.60. The summed E-state index contributed by atoms with van der Waals surface area (Å²) in [5.41, 5.74) is 1.87. The van der Waals surface area contributed by atoms with Gasteiger partial charge in [-0.25, -0.2) is 0 Å². The molecule has 148 valence electrons. The van der Waals surface area contributed by atoms with Gasteiger partial charge in [-0.3, -0.25) is 9.59 Å². The van der Waals surface area contributed by atoms with Gasteiger partial charge in [-0.05, 0) is 44.2 Å². The third-order valence-corrected chi connectivity index (χ3v) is 4.26. The molecule has 0 aliphatic carbocycles. The normalized spacial score (nSPS) is 10.3. The molecule has 0 fully saturated rings. The van der Waals surface area contributed by atoms with Crippen molar-refractivity contribution >= 4 is 17.4 Å². The van der Waals surface area contributed by atoms with Gasteiger partial charge in [0.2, 0.25) is 0 Å². The van der Waals surface area contributed by atoms with Crippen LogP contribution in [0, 0.1) is 0 Å². The van der Waals surface area contributed by atoms with Gasteiger partial charge in [0.15, 0.2) is 17.3 Å². The van der Waals surface area contributed by atoms with Crippen LogP contribution in [0.5, 0.6) is 11.5 Å². The summed E-state index contributed by atoms with van der Waals surface area (Å²) in [5.74, 6) is 0.617. The summed E-state index contributed by atoms with van der Waals surface area (Å²) in [4.78, 5) is 25.7. The second-order valence-electron chi connectivity index (χ2n) is 6.22. The number of rotatable bonds is 8. The lowest BCUT2D eigenvalue weighted by Gasteiger charge is -2.13. The van der Waals surface area contributed by atoms with Gasteiger partial charge in [-0.15, -0.1) is 0 Å². The molecule has 0 aliphatic rings. The van der Waals surface area contributed by atoms with Crippen molar-refractivity contribution in [3.05, 3.63) is 89.5 Å². The molecule has 0 radical (unpaired) electrons. The molecule has 0 atom stereocenters. The van der Waals surface area contributed by atoms with Gasteiger partial charge in [-0.1, -0.05) is 42.5 Å². The zero-order chi connectivity index (χ0) is 20.6. The average molecular weight is 389 g/mol. The third-order valence-electron chi connectivity index (χ3n) is 4.26. The molecule has 0 spiro atoms. The van der Waals surface area contributed by atoms with Crippen LogP contribution < -0.4 is 14.8 Å². The standard InChI is InChI=1S/C24H23NO4/c1-3-28-21-15-14-18(16-22(21)29-4-2)24(27)25-20-13-9-8-12-19(20)23(26)17-10-6-5-7-11-17/h5-16H,3-4H2,1-2H3,(H,25,27). The summed E-state index contributed by atoms with van der Waals surface area (Å²) in [6.07, 6.45) is 0. The Balaban J connectivity index is 1.86. The van der Waals surface area contributed by atoms with Crippen LogP contribution in [0.25, 0.3) is 0 Å². The lowest BCUT2D eigenvalue weighted by Crippen LogP contribution is -2.15. The highest BCUT2D eigenvalue weighted by molar-refractivity contribution is 6.15. The van der Waals surface area contributed by atoms with Crippen molar-refractivity contribution in [1.29, 1.82) is 0 Å². The van der Waals surface area contributed by atoms with Crippen LogP contribution in [0.15, 0.2) is 72.8 Å². The van der Waals surface area contributed by atoms with Crippen molar-refractivity contribution < 1.29 is 19.1 Å². The lowest BCUT2D eigenvalue weighted by atomic mass is 10.0. The van der Waals surface area contributed by atoms with Crippen LogP contribution >= 0.6 is 0 Å². The van der Waals surface area contributed by atoms with Crippen molar-refractivity contribution in [2.24, 2.45) is 0 Å². The van der Waals surface area contributed by atoms with Crippen molar-refractivity contribution in [2.45, 2.75) is 13.8 Å². The van der Waals surface area contributed by atoms with E-state index in [0.717, 1.165) is 0 Å². The van der Waals surface area contributed by atoms with E-state index in [4.69, 9.17) is 9.47 Å². The van der Waals surface area contributed by atoms with Crippen LogP contribution in [-0.2, 0) is 0 Å². The van der Waals surface area contributed by atoms with Gasteiger partial charge < -0.3 is 14.8 Å². The van der Waals surface area contributed by atoms with Crippen LogP contribution in [0.2, 0.25) is 0 Å². The molecule has 0 saturated heterocycles. The molecular weight excluding hydrogens is 366 g/mol. The molecule has 3 rings (SSSR count). The van der Waals surface area contributed by atoms with E-state index in [-0.39, 0.29) is 11.7 Å². The number of ketones is 1. The van der Waals surface area contributed by atoms with Crippen molar-refractivity contribution in [3.63, 3.8) is 0 Å². The number of hydrogen-bond acceptors (Lipinski definition) is 4. The number of carbonyl (C=O) groups is 2. The minimum absolute atomic E-state index is 0.150. The topological polar surface area (TPSA) is 64.6 Å². The Kier molecular flexibility index (Phi) is 6.63. The largest absolute Gasteiger partial charge is 0.490 e. The average Bonchev–Trinajstić information content (AvgIpc) is 2.76. The summed E-state index contributed by atoms with van der Waals surface area (Å²) in [7, 11) is 0. The molecule has 0 heterocycles. The van der Waals surface area contributed by atoms with E-state index in [1.165, 1.54) is 0 Å². The maximum absolute atomic E-state index is 12.9. The van der Waals surface area contributed by atoms with Crippen LogP contribution in [0.1, 0.15) is 40.1 Å². The number of nitrogens with one attached hydrogen (secondary N) is 1. The van der Waals surface area contributed by atoms with Gasteiger partial charge in [0.25, 0.3) is 5.91 Å². The number of benzene rings is 3. The smallest absolute Gasteiger partial charge is 0.255 e. The summed E-state index contributed by atoms with van der Waals surface area (Å²) in [6, 6.07) is 21.0. The molecule has 3 aromatic rings. The van der Waals surface area contributed by atoms with Gasteiger partial charge >= 0.3 is 0 Å². The molecule has 0 unspecified atom stereocenters. The van der Waals surface area contributed by atoms with E-state index >= 15 is 0 Å². The van der Waals surface area contributed by atoms with Gasteiger partial charge in [-0.2, -0.15) is 0 Å². The highest BCUT2D eigenvalue weighted by Gasteiger charge is 2.17. The van der Waals surface area contributed by atoms with Crippen molar-refractivity contribution in [3.8, 4) is 11.5 Å². The van der Waals surface area contributed by atoms with Crippen LogP contribution in [-0.4, -0.2) is 24.9 Å². The summed E-state index contributed by atoms with van der Waals surface area (Å²) in [5, 5.41) is 2.84. The highest BCUT2D eigenvalue weighted by Crippen LogP contribution is 2.29. The summed E-state index contributed by atoms with van der Waals surface area (Å²) in [6.45, 7) is 4.71. The predicted octanol–water partition coefficient (Wildman–Crippen LogP) is 4.97. The second kappa shape index (κ2) is 9.55. The molecule has 29 heavy (non-hydrogen) atoms. The van der Waals surface area contributed by atoms with E-state index in [0.29, 0.717) is 47.1 Å². The molecule has 0 saturated carbocycles. The Labute approximate surface area is 170 Å². The summed E-state index contributed by atoms with van der Waals surface area (Å²) >= 11 is 0. The van der Waals surface area contributed by atoms with Crippen LogP contribution in [0.4, 0.5) is 5.69 Å². The van der Waals surface area contributed by atoms with Crippen LogP contribution in [0.3, 0.4) is 0 Å². The molecule has 0 bridgehead atoms. The number of anilines is 1. The van der Waals surface area contributed by atoms with Crippen molar-refractivity contribution in [2.75, 3.05) is 18.5 Å². The Morgan fingerprint density at radius 1 is 0.759 bits per heavy atom. The Morgan fingerprint density at radius 2 is 1.41 bits per heavy atom. The Morgan fingerprint density at radius 3 is 2.14 bits per heavy atom. The number of hydrogen-bond donors (Lipinski definition) is 1. The number of para-hydroxylation sites is 1. The maximum Gasteiger partial charge on any atom is 0.255 e. The van der Waals surface area contributed by atoms with E-state index in [1.807, 2.05) is 32.0 Å². The first kappa shape index (κ1) is 20.1. The number of amides is 1. The molecule has 5 heteroatoms. The highest BCUT2D eigenvalue weighted by atomic mass is 16.5. The fourth-order valence-electron chi connectivity index (χ4n) is 2.92. The lowest BCUT2D eigenvalue weighted by molar-refractivity contribution is 0.102. The maximum atomic E-state index is 12.9. The van der Waals surface area contributed by atoms with E-state index in [1.54, 1.807) is 54.6 Å². The zero-order valence-electron chi connectivity index (χ0n) is 16.5. The third kappa shape index (κ3) is 4.82. The minimum Gasteiger partial charge on any atom is -0.490 e. The number of ether oxygens (including phenoxy) is 2. The fraction of sp³-hybridized carbons (Fsp3) is 0.167. The Bertz CT molecular complexity index is 999. The molecule has 3 aromatic carbocycles. The predicted molar refractivity (Wildman–Crippen MR) is 113 cm³/mol. The molecule has 1 amide bonds. The van der Waals surface area contributed by atoms with Gasteiger partial charge in [0.1, 0.15) is 0 Å². The van der Waals surface area contributed by atoms with Gasteiger partial charge in [0.05, 0.1) is 18.9 Å². The molecule has 0 aromatic heterocycles. The molecule has 1 N–H and O–H groups in total. The second-order valence-corrected chi connectivity index (χ2v) is 6.22. The quantitative estimate of drug-likeness (QED) is 0.553. The van der Waals surface area contributed by atoms with E-state index < -0.39 is 0 Å². The zero-order valence-corrected chi connectivity index (χ0v) is 16.5. The first-order valence-electron chi connectivity index (χ1n) is 9.53. The van der Waals surface area contributed by atoms with Crippen molar-refractivity contribution in [1.82, 2.24) is 0 Å². The molecular formula is C24H23NO4. The minimum atomic E-state index is -0.331. The van der Waals surface area contributed by atoms with Gasteiger partial charge in [0, 0.05) is 16.7 Å². The van der Waals surface area contributed by atoms with E-state index in [2.05, 4.69) is 5.32 Å². The number of carbonyl (C=O) groups excluding carboxylic acids is 2. The SMILES string of the molecule is CCOc1ccc(C(=O)Nc2ccccc2C(=O)c2ccccc2)cc1OCC. The fourth-order valence-corrected chi connectivity index (χ4v) is 2.92. The first-order chi connectivity index (χ1) is 14.1.